The number of rotatable bonds is 6. The SMILES string of the molecule is CCCNC(c1ccc(C)s1)C1(OC)CCC1. The second-order valence-corrected chi connectivity index (χ2v) is 6.28. The van der Waals surface area contributed by atoms with Gasteiger partial charge in [-0.1, -0.05) is 6.92 Å². The van der Waals surface area contributed by atoms with E-state index in [0.29, 0.717) is 6.04 Å². The van der Waals surface area contributed by atoms with Gasteiger partial charge in [-0.25, -0.2) is 0 Å². The van der Waals surface area contributed by atoms with Crippen LogP contribution in [0.2, 0.25) is 0 Å². The molecule has 3 heteroatoms. The molecule has 1 N–H and O–H groups in total. The predicted octanol–water partition coefficient (Wildman–Crippen LogP) is 3.67. The van der Waals surface area contributed by atoms with Crippen molar-refractivity contribution < 1.29 is 4.74 Å². The first-order chi connectivity index (χ1) is 8.22. The Kier molecular flexibility index (Phi) is 4.23. The average molecular weight is 253 g/mol. The molecule has 1 aromatic rings. The van der Waals surface area contributed by atoms with Crippen LogP contribution in [0.4, 0.5) is 0 Å². The van der Waals surface area contributed by atoms with Gasteiger partial charge in [-0.2, -0.15) is 0 Å². The zero-order chi connectivity index (χ0) is 12.3. The van der Waals surface area contributed by atoms with Crippen LogP contribution in [0.5, 0.6) is 0 Å². The quantitative estimate of drug-likeness (QED) is 0.835. The molecule has 2 rings (SSSR count). The van der Waals surface area contributed by atoms with Crippen molar-refractivity contribution in [2.45, 2.75) is 51.2 Å². The molecular formula is C14H23NOS. The van der Waals surface area contributed by atoms with E-state index in [0.717, 1.165) is 6.54 Å². The molecule has 0 bridgehead atoms. The number of hydrogen-bond acceptors (Lipinski definition) is 3. The van der Waals surface area contributed by atoms with E-state index in [-0.39, 0.29) is 5.60 Å². The Labute approximate surface area is 108 Å². The highest BCUT2D eigenvalue weighted by molar-refractivity contribution is 7.12. The minimum absolute atomic E-state index is 0.0481. The maximum atomic E-state index is 5.84. The Bertz CT molecular complexity index is 351. The minimum Gasteiger partial charge on any atom is -0.376 e. The number of thiophene rings is 1. The average Bonchev–Trinajstić information content (AvgIpc) is 2.68. The summed E-state index contributed by atoms with van der Waals surface area (Å²) in [5, 5.41) is 3.68. The van der Waals surface area contributed by atoms with Gasteiger partial charge in [-0.15, -0.1) is 11.3 Å². The molecule has 1 fully saturated rings. The lowest BCUT2D eigenvalue weighted by Gasteiger charge is -2.46. The molecule has 17 heavy (non-hydrogen) atoms. The van der Waals surface area contributed by atoms with E-state index in [9.17, 15) is 0 Å². The monoisotopic (exact) mass is 253 g/mol. The van der Waals surface area contributed by atoms with Gasteiger partial charge < -0.3 is 10.1 Å². The molecule has 0 aromatic carbocycles. The van der Waals surface area contributed by atoms with Crippen LogP contribution < -0.4 is 5.32 Å². The molecular weight excluding hydrogens is 230 g/mol. The molecule has 0 radical (unpaired) electrons. The van der Waals surface area contributed by atoms with E-state index in [1.54, 1.807) is 0 Å². The molecule has 1 aromatic heterocycles. The molecule has 1 atom stereocenters. The fraction of sp³-hybridized carbons (Fsp3) is 0.714. The third-order valence-corrected chi connectivity index (χ3v) is 4.84. The molecule has 0 saturated heterocycles. The standard InChI is InChI=1S/C14H23NOS/c1-4-10-15-13(12-7-6-11(2)17-12)14(16-3)8-5-9-14/h6-7,13,15H,4-5,8-10H2,1-3H3. The molecule has 0 amide bonds. The fourth-order valence-electron chi connectivity index (χ4n) is 2.58. The van der Waals surface area contributed by atoms with Gasteiger partial charge >= 0.3 is 0 Å². The molecule has 1 aliphatic rings. The normalized spacial score (nSPS) is 19.9. The highest BCUT2D eigenvalue weighted by Crippen LogP contribution is 2.46. The summed E-state index contributed by atoms with van der Waals surface area (Å²) in [6.45, 7) is 5.45. The molecule has 96 valence electrons. The summed E-state index contributed by atoms with van der Waals surface area (Å²) in [4.78, 5) is 2.81. The molecule has 1 saturated carbocycles. The Morgan fingerprint density at radius 3 is 2.65 bits per heavy atom. The Balaban J connectivity index is 2.18. The van der Waals surface area contributed by atoms with Crippen molar-refractivity contribution in [3.05, 3.63) is 21.9 Å². The number of ether oxygens (including phenoxy) is 1. The van der Waals surface area contributed by atoms with Crippen LogP contribution in [-0.4, -0.2) is 19.3 Å². The first kappa shape index (κ1) is 13.1. The zero-order valence-electron chi connectivity index (χ0n) is 11.1. The van der Waals surface area contributed by atoms with Gasteiger partial charge in [0.1, 0.15) is 0 Å². The number of hydrogen-bond donors (Lipinski definition) is 1. The van der Waals surface area contributed by atoms with Crippen LogP contribution in [0.3, 0.4) is 0 Å². The lowest BCUT2D eigenvalue weighted by Crippen LogP contribution is -2.50. The summed E-state index contributed by atoms with van der Waals surface area (Å²) in [5.41, 5.74) is 0.0481. The fourth-order valence-corrected chi connectivity index (χ4v) is 3.64. The summed E-state index contributed by atoms with van der Waals surface area (Å²) in [6, 6.07) is 4.84. The van der Waals surface area contributed by atoms with Crippen molar-refractivity contribution in [3.63, 3.8) is 0 Å². The van der Waals surface area contributed by atoms with E-state index < -0.39 is 0 Å². The van der Waals surface area contributed by atoms with E-state index in [2.05, 4.69) is 31.3 Å². The van der Waals surface area contributed by atoms with E-state index >= 15 is 0 Å². The topological polar surface area (TPSA) is 21.3 Å². The lowest BCUT2D eigenvalue weighted by atomic mass is 9.74. The van der Waals surface area contributed by atoms with Gasteiger partial charge in [0, 0.05) is 16.9 Å². The molecule has 1 aliphatic carbocycles. The number of methoxy groups -OCH3 is 1. The maximum absolute atomic E-state index is 5.84. The van der Waals surface area contributed by atoms with Crippen molar-refractivity contribution >= 4 is 11.3 Å². The maximum Gasteiger partial charge on any atom is 0.0880 e. The minimum atomic E-state index is 0.0481. The van der Waals surface area contributed by atoms with E-state index in [4.69, 9.17) is 4.74 Å². The highest BCUT2D eigenvalue weighted by atomic mass is 32.1. The van der Waals surface area contributed by atoms with Gasteiger partial charge in [0.2, 0.25) is 0 Å². The van der Waals surface area contributed by atoms with Crippen molar-refractivity contribution in [3.8, 4) is 0 Å². The summed E-state index contributed by atoms with van der Waals surface area (Å²) in [7, 11) is 1.86. The van der Waals surface area contributed by atoms with Crippen LogP contribution in [0.1, 0.15) is 48.4 Å². The van der Waals surface area contributed by atoms with Crippen LogP contribution >= 0.6 is 11.3 Å². The van der Waals surface area contributed by atoms with Crippen LogP contribution in [0.25, 0.3) is 0 Å². The van der Waals surface area contributed by atoms with E-state index in [1.807, 2.05) is 18.4 Å². The van der Waals surface area contributed by atoms with Crippen molar-refractivity contribution in [1.29, 1.82) is 0 Å². The van der Waals surface area contributed by atoms with Gasteiger partial charge in [-0.3, -0.25) is 0 Å². The van der Waals surface area contributed by atoms with Gasteiger partial charge in [-0.05, 0) is 51.3 Å². The Morgan fingerprint density at radius 1 is 1.47 bits per heavy atom. The van der Waals surface area contributed by atoms with Gasteiger partial charge in [0.15, 0.2) is 0 Å². The predicted molar refractivity (Wildman–Crippen MR) is 73.7 cm³/mol. The van der Waals surface area contributed by atoms with Crippen molar-refractivity contribution in [2.75, 3.05) is 13.7 Å². The summed E-state index contributed by atoms with van der Waals surface area (Å²) in [6.07, 6.45) is 4.83. The third kappa shape index (κ3) is 2.56. The molecule has 2 nitrogen and oxygen atoms in total. The third-order valence-electron chi connectivity index (χ3n) is 3.78. The first-order valence-corrected chi connectivity index (χ1v) is 7.38. The second-order valence-electron chi connectivity index (χ2n) is 4.96. The zero-order valence-corrected chi connectivity index (χ0v) is 11.9. The number of aryl methyl sites for hydroxylation is 1. The molecule has 0 aliphatic heterocycles. The lowest BCUT2D eigenvalue weighted by molar-refractivity contribution is -0.0989. The van der Waals surface area contributed by atoms with Gasteiger partial charge in [0.25, 0.3) is 0 Å². The van der Waals surface area contributed by atoms with Crippen LogP contribution in [0.15, 0.2) is 12.1 Å². The summed E-state index contributed by atoms with van der Waals surface area (Å²) < 4.78 is 5.84. The second kappa shape index (κ2) is 5.51. The molecule has 0 spiro atoms. The summed E-state index contributed by atoms with van der Waals surface area (Å²) in [5.74, 6) is 0. The van der Waals surface area contributed by atoms with E-state index in [1.165, 1.54) is 35.4 Å². The van der Waals surface area contributed by atoms with Crippen LogP contribution in [0, 0.1) is 6.92 Å². The van der Waals surface area contributed by atoms with Crippen molar-refractivity contribution in [1.82, 2.24) is 5.32 Å². The van der Waals surface area contributed by atoms with Gasteiger partial charge in [0.05, 0.1) is 11.6 Å². The first-order valence-electron chi connectivity index (χ1n) is 6.57. The largest absolute Gasteiger partial charge is 0.376 e. The smallest absolute Gasteiger partial charge is 0.0880 e. The molecule has 1 heterocycles. The Hall–Kier alpha value is -0.380. The van der Waals surface area contributed by atoms with Crippen LogP contribution in [-0.2, 0) is 4.74 Å². The molecule has 1 unspecified atom stereocenters. The number of nitrogens with one attached hydrogen (secondary N) is 1. The highest BCUT2D eigenvalue weighted by Gasteiger charge is 2.45. The van der Waals surface area contributed by atoms with Crippen molar-refractivity contribution in [2.24, 2.45) is 0 Å². The Morgan fingerprint density at radius 2 is 2.24 bits per heavy atom. The summed E-state index contributed by atoms with van der Waals surface area (Å²) >= 11 is 1.90.